The fourth-order valence-electron chi connectivity index (χ4n) is 3.40. The maximum Gasteiger partial charge on any atom is 0.317 e. The number of hydrogen-bond donors (Lipinski definition) is 1. The normalized spacial score (nSPS) is 17.6. The third-order valence-electron chi connectivity index (χ3n) is 4.68. The molecule has 3 rings (SSSR count). The predicted molar refractivity (Wildman–Crippen MR) is 94.2 cm³/mol. The Labute approximate surface area is 144 Å². The third kappa shape index (κ3) is 3.71. The molecular formula is C19H27N3O2. The molecule has 0 atom stereocenters. The summed E-state index contributed by atoms with van der Waals surface area (Å²) in [5.74, 6) is 0.0839. The van der Waals surface area contributed by atoms with Gasteiger partial charge in [0, 0.05) is 37.3 Å². The van der Waals surface area contributed by atoms with Crippen LogP contribution in [0.2, 0.25) is 0 Å². The van der Waals surface area contributed by atoms with E-state index in [4.69, 9.17) is 0 Å². The molecule has 24 heavy (non-hydrogen) atoms. The fraction of sp³-hybridized carbons (Fsp3) is 0.579. The number of urea groups is 1. The van der Waals surface area contributed by atoms with Gasteiger partial charge in [0.05, 0.1) is 0 Å². The van der Waals surface area contributed by atoms with Gasteiger partial charge in [0.25, 0.3) is 5.91 Å². The van der Waals surface area contributed by atoms with E-state index in [0.29, 0.717) is 26.2 Å². The number of carbonyl (C=O) groups excluding carboxylic acids is 2. The lowest BCUT2D eigenvalue weighted by molar-refractivity contribution is 0.0661. The quantitative estimate of drug-likeness (QED) is 0.860. The zero-order valence-electron chi connectivity index (χ0n) is 14.9. The number of amides is 3. The van der Waals surface area contributed by atoms with Crippen LogP contribution >= 0.6 is 0 Å². The van der Waals surface area contributed by atoms with E-state index in [1.165, 1.54) is 17.5 Å². The lowest BCUT2D eigenvalue weighted by Gasteiger charge is -2.36. The Balaban J connectivity index is 1.58. The molecule has 5 heteroatoms. The fourth-order valence-corrected chi connectivity index (χ4v) is 3.40. The highest BCUT2D eigenvalue weighted by Gasteiger charge is 2.27. The second kappa shape index (κ2) is 6.46. The zero-order chi connectivity index (χ0) is 17.3. The van der Waals surface area contributed by atoms with E-state index in [1.54, 1.807) is 4.90 Å². The Kier molecular flexibility index (Phi) is 4.52. The molecule has 1 aliphatic carbocycles. The minimum absolute atomic E-state index is 0.0490. The predicted octanol–water partition coefficient (Wildman–Crippen LogP) is 2.44. The lowest BCUT2D eigenvalue weighted by Crippen LogP contribution is -2.56. The van der Waals surface area contributed by atoms with Crippen LogP contribution in [0.5, 0.6) is 0 Å². The average molecular weight is 329 g/mol. The Bertz CT molecular complexity index is 641. The monoisotopic (exact) mass is 329 g/mol. The second-order valence-electron chi connectivity index (χ2n) is 7.80. The van der Waals surface area contributed by atoms with Crippen molar-refractivity contribution in [3.8, 4) is 0 Å². The number of nitrogens with zero attached hydrogens (tertiary/aromatic N) is 2. The van der Waals surface area contributed by atoms with Gasteiger partial charge >= 0.3 is 6.03 Å². The first-order valence-electron chi connectivity index (χ1n) is 8.82. The van der Waals surface area contributed by atoms with Gasteiger partial charge in [0.2, 0.25) is 0 Å². The number of benzene rings is 1. The van der Waals surface area contributed by atoms with Gasteiger partial charge < -0.3 is 15.1 Å². The summed E-state index contributed by atoms with van der Waals surface area (Å²) in [7, 11) is 0. The van der Waals surface area contributed by atoms with Gasteiger partial charge in [-0.05, 0) is 63.3 Å². The standard InChI is InChI=1S/C19H27N3O2/c1-19(2,3)20-18(24)22-11-9-21(10-12-22)17(23)16-8-7-14-5-4-6-15(14)13-16/h7-8,13H,4-6,9-12H2,1-3H3,(H,20,24). The number of fused-ring (bicyclic) bond motifs is 1. The number of hydrogen-bond acceptors (Lipinski definition) is 2. The van der Waals surface area contributed by atoms with Crippen molar-refractivity contribution in [3.63, 3.8) is 0 Å². The van der Waals surface area contributed by atoms with E-state index in [2.05, 4.69) is 17.4 Å². The van der Waals surface area contributed by atoms with Gasteiger partial charge in [0.1, 0.15) is 0 Å². The molecule has 0 radical (unpaired) electrons. The molecule has 1 N–H and O–H groups in total. The SMILES string of the molecule is CC(C)(C)NC(=O)N1CCN(C(=O)c2ccc3c(c2)CCC3)CC1. The highest BCUT2D eigenvalue weighted by molar-refractivity contribution is 5.94. The highest BCUT2D eigenvalue weighted by atomic mass is 16.2. The smallest absolute Gasteiger partial charge is 0.317 e. The van der Waals surface area contributed by atoms with Crippen molar-refractivity contribution < 1.29 is 9.59 Å². The van der Waals surface area contributed by atoms with Crippen molar-refractivity contribution >= 4 is 11.9 Å². The Hall–Kier alpha value is -2.04. The van der Waals surface area contributed by atoms with Gasteiger partial charge in [-0.3, -0.25) is 4.79 Å². The van der Waals surface area contributed by atoms with E-state index < -0.39 is 0 Å². The summed E-state index contributed by atoms with van der Waals surface area (Å²) in [5.41, 5.74) is 3.25. The van der Waals surface area contributed by atoms with Crippen LogP contribution in [0, 0.1) is 0 Å². The summed E-state index contributed by atoms with van der Waals surface area (Å²) >= 11 is 0. The second-order valence-corrected chi connectivity index (χ2v) is 7.80. The molecule has 1 aromatic carbocycles. The van der Waals surface area contributed by atoms with Crippen LogP contribution in [0.4, 0.5) is 4.79 Å². The van der Waals surface area contributed by atoms with Gasteiger partial charge in [-0.1, -0.05) is 6.07 Å². The molecule has 1 fully saturated rings. The van der Waals surface area contributed by atoms with E-state index >= 15 is 0 Å². The zero-order valence-corrected chi connectivity index (χ0v) is 14.9. The summed E-state index contributed by atoms with van der Waals surface area (Å²) in [4.78, 5) is 28.6. The molecule has 3 amide bonds. The van der Waals surface area contributed by atoms with Gasteiger partial charge in [-0.15, -0.1) is 0 Å². The molecule has 0 unspecified atom stereocenters. The number of nitrogens with one attached hydrogen (secondary N) is 1. The number of aryl methyl sites for hydroxylation is 2. The first kappa shape index (κ1) is 16.8. The summed E-state index contributed by atoms with van der Waals surface area (Å²) in [6.45, 7) is 8.26. The molecule has 5 nitrogen and oxygen atoms in total. The molecule has 0 bridgehead atoms. The lowest BCUT2D eigenvalue weighted by atomic mass is 10.1. The molecule has 1 aromatic rings. The van der Waals surface area contributed by atoms with E-state index in [0.717, 1.165) is 18.4 Å². The van der Waals surface area contributed by atoms with Gasteiger partial charge in [-0.2, -0.15) is 0 Å². The van der Waals surface area contributed by atoms with Crippen molar-refractivity contribution in [1.82, 2.24) is 15.1 Å². The van der Waals surface area contributed by atoms with Crippen molar-refractivity contribution in [2.45, 2.75) is 45.6 Å². The van der Waals surface area contributed by atoms with E-state index in [1.807, 2.05) is 31.7 Å². The van der Waals surface area contributed by atoms with Crippen molar-refractivity contribution in [2.24, 2.45) is 0 Å². The van der Waals surface area contributed by atoms with Crippen molar-refractivity contribution in [2.75, 3.05) is 26.2 Å². The minimum Gasteiger partial charge on any atom is -0.335 e. The van der Waals surface area contributed by atoms with Crippen LogP contribution in [0.25, 0.3) is 0 Å². The van der Waals surface area contributed by atoms with Crippen molar-refractivity contribution in [1.29, 1.82) is 0 Å². The minimum atomic E-state index is -0.242. The molecule has 0 saturated carbocycles. The molecule has 130 valence electrons. The van der Waals surface area contributed by atoms with Crippen LogP contribution in [0.1, 0.15) is 48.7 Å². The Morgan fingerprint density at radius 1 is 0.958 bits per heavy atom. The molecule has 1 heterocycles. The van der Waals surface area contributed by atoms with Gasteiger partial charge in [-0.25, -0.2) is 4.79 Å². The highest BCUT2D eigenvalue weighted by Crippen LogP contribution is 2.23. The number of carbonyl (C=O) groups is 2. The number of piperazine rings is 1. The molecule has 1 saturated heterocycles. The summed E-state index contributed by atoms with van der Waals surface area (Å²) in [6, 6.07) is 6.06. The van der Waals surface area contributed by atoms with Crippen LogP contribution < -0.4 is 5.32 Å². The molecule has 2 aliphatic rings. The van der Waals surface area contributed by atoms with Crippen molar-refractivity contribution in [3.05, 3.63) is 34.9 Å². The average Bonchev–Trinajstić information content (AvgIpc) is 3.00. The van der Waals surface area contributed by atoms with E-state index in [9.17, 15) is 9.59 Å². The third-order valence-corrected chi connectivity index (χ3v) is 4.68. The van der Waals surface area contributed by atoms with E-state index in [-0.39, 0.29) is 17.5 Å². The Morgan fingerprint density at radius 2 is 1.58 bits per heavy atom. The maximum absolute atomic E-state index is 12.7. The summed E-state index contributed by atoms with van der Waals surface area (Å²) < 4.78 is 0. The largest absolute Gasteiger partial charge is 0.335 e. The molecular weight excluding hydrogens is 302 g/mol. The van der Waals surface area contributed by atoms with Crippen LogP contribution in [-0.4, -0.2) is 53.5 Å². The number of rotatable bonds is 1. The topological polar surface area (TPSA) is 52.7 Å². The first-order chi connectivity index (χ1) is 11.3. The van der Waals surface area contributed by atoms with Crippen LogP contribution in [-0.2, 0) is 12.8 Å². The molecule has 0 aromatic heterocycles. The van der Waals surface area contributed by atoms with Gasteiger partial charge in [0.15, 0.2) is 0 Å². The first-order valence-corrected chi connectivity index (χ1v) is 8.82. The summed E-state index contributed by atoms with van der Waals surface area (Å²) in [6.07, 6.45) is 3.40. The summed E-state index contributed by atoms with van der Waals surface area (Å²) in [5, 5.41) is 2.98. The van der Waals surface area contributed by atoms with Crippen LogP contribution in [0.3, 0.4) is 0 Å². The van der Waals surface area contributed by atoms with Crippen LogP contribution in [0.15, 0.2) is 18.2 Å². The maximum atomic E-state index is 12.7. The Morgan fingerprint density at radius 3 is 2.25 bits per heavy atom. The molecule has 0 spiro atoms. The molecule has 1 aliphatic heterocycles.